The molecule has 2 aromatic carbocycles. The van der Waals surface area contributed by atoms with Crippen molar-refractivity contribution in [2.75, 3.05) is 5.32 Å². The van der Waals surface area contributed by atoms with E-state index < -0.39 is 0 Å². The summed E-state index contributed by atoms with van der Waals surface area (Å²) < 4.78 is 1.51. The Morgan fingerprint density at radius 3 is 2.35 bits per heavy atom. The lowest BCUT2D eigenvalue weighted by atomic mass is 10.1. The van der Waals surface area contributed by atoms with Gasteiger partial charge >= 0.3 is 0 Å². The summed E-state index contributed by atoms with van der Waals surface area (Å²) in [6, 6.07) is 19.7. The van der Waals surface area contributed by atoms with E-state index in [1.807, 2.05) is 55.5 Å². The average molecular weight is 304 g/mol. The number of hydrogen-bond acceptors (Lipinski definition) is 2. The van der Waals surface area contributed by atoms with Gasteiger partial charge in [0.25, 0.3) is 11.5 Å². The highest BCUT2D eigenvalue weighted by Crippen LogP contribution is 2.13. The number of nitrogens with zero attached hydrogens (tertiary/aromatic N) is 1. The van der Waals surface area contributed by atoms with Gasteiger partial charge in [-0.1, -0.05) is 36.4 Å². The van der Waals surface area contributed by atoms with E-state index >= 15 is 0 Å². The average Bonchev–Trinajstić information content (AvgIpc) is 2.57. The van der Waals surface area contributed by atoms with Gasteiger partial charge in [-0.25, -0.2) is 0 Å². The summed E-state index contributed by atoms with van der Waals surface area (Å²) in [5.41, 5.74) is 2.70. The molecule has 0 radical (unpaired) electrons. The Hall–Kier alpha value is -3.14. The van der Waals surface area contributed by atoms with Crippen LogP contribution in [-0.4, -0.2) is 10.5 Å². The lowest BCUT2D eigenvalue weighted by Crippen LogP contribution is -2.19. The van der Waals surface area contributed by atoms with Crippen molar-refractivity contribution in [1.29, 1.82) is 0 Å². The van der Waals surface area contributed by atoms with E-state index in [-0.39, 0.29) is 11.5 Å². The lowest BCUT2D eigenvalue weighted by molar-refractivity contribution is 0.102. The number of carbonyl (C=O) groups excluding carboxylic acids is 1. The van der Waals surface area contributed by atoms with Crippen molar-refractivity contribution >= 4 is 11.6 Å². The Bertz CT molecular complexity index is 898. The predicted molar refractivity (Wildman–Crippen MR) is 91.2 cm³/mol. The van der Waals surface area contributed by atoms with Crippen LogP contribution in [0.25, 0.3) is 5.69 Å². The van der Waals surface area contributed by atoms with E-state index in [2.05, 4.69) is 5.32 Å². The van der Waals surface area contributed by atoms with Crippen molar-refractivity contribution in [2.24, 2.45) is 0 Å². The number of amides is 1. The second-order valence-corrected chi connectivity index (χ2v) is 5.23. The molecule has 0 aliphatic heterocycles. The van der Waals surface area contributed by atoms with Crippen molar-refractivity contribution in [3.05, 3.63) is 94.4 Å². The second-order valence-electron chi connectivity index (χ2n) is 5.23. The lowest BCUT2D eigenvalue weighted by Gasteiger charge is -2.10. The number of para-hydroxylation sites is 1. The van der Waals surface area contributed by atoms with Crippen molar-refractivity contribution in [1.82, 2.24) is 4.57 Å². The standard InChI is InChI=1S/C19H16N2O2/c1-14-7-5-6-10-17(14)19(23)20-15-11-12-18(22)21(13-15)16-8-3-2-4-9-16/h2-13H,1H3,(H,20,23). The zero-order valence-corrected chi connectivity index (χ0v) is 12.7. The van der Waals surface area contributed by atoms with Crippen LogP contribution in [0, 0.1) is 6.92 Å². The molecule has 4 heteroatoms. The summed E-state index contributed by atoms with van der Waals surface area (Å²) in [6.07, 6.45) is 1.63. The molecule has 0 atom stereocenters. The van der Waals surface area contributed by atoms with Gasteiger partial charge in [0.1, 0.15) is 0 Å². The molecule has 1 heterocycles. The molecule has 0 saturated heterocycles. The highest BCUT2D eigenvalue weighted by Gasteiger charge is 2.09. The Morgan fingerprint density at radius 1 is 0.913 bits per heavy atom. The van der Waals surface area contributed by atoms with Gasteiger partial charge in [-0.15, -0.1) is 0 Å². The second kappa shape index (κ2) is 6.32. The molecule has 0 bridgehead atoms. The van der Waals surface area contributed by atoms with Crippen LogP contribution in [0.3, 0.4) is 0 Å². The van der Waals surface area contributed by atoms with Gasteiger partial charge in [0.2, 0.25) is 0 Å². The molecule has 1 aromatic heterocycles. The molecule has 0 aliphatic carbocycles. The first-order chi connectivity index (χ1) is 11.1. The minimum Gasteiger partial charge on any atom is -0.321 e. The van der Waals surface area contributed by atoms with Crippen molar-refractivity contribution in [3.8, 4) is 5.69 Å². The predicted octanol–water partition coefficient (Wildman–Crippen LogP) is 3.40. The smallest absolute Gasteiger partial charge is 0.255 e. The van der Waals surface area contributed by atoms with Crippen LogP contribution in [0.1, 0.15) is 15.9 Å². The summed E-state index contributed by atoms with van der Waals surface area (Å²) in [4.78, 5) is 24.4. The molecule has 0 saturated carbocycles. The number of anilines is 1. The zero-order chi connectivity index (χ0) is 16.2. The first-order valence-electron chi connectivity index (χ1n) is 7.30. The monoisotopic (exact) mass is 304 g/mol. The number of aryl methyl sites for hydroxylation is 1. The zero-order valence-electron chi connectivity index (χ0n) is 12.7. The number of nitrogens with one attached hydrogen (secondary N) is 1. The molecule has 1 N–H and O–H groups in total. The Labute approximate surface area is 134 Å². The van der Waals surface area contributed by atoms with Gasteiger partial charge in [0.15, 0.2) is 0 Å². The minimum atomic E-state index is -0.193. The molecule has 114 valence electrons. The number of rotatable bonds is 3. The summed E-state index contributed by atoms with van der Waals surface area (Å²) in [6.45, 7) is 1.89. The largest absolute Gasteiger partial charge is 0.321 e. The van der Waals surface area contributed by atoms with Crippen molar-refractivity contribution < 1.29 is 4.79 Å². The molecule has 23 heavy (non-hydrogen) atoms. The van der Waals surface area contributed by atoms with Crippen LogP contribution in [-0.2, 0) is 0 Å². The van der Waals surface area contributed by atoms with Gasteiger partial charge in [-0.2, -0.15) is 0 Å². The van der Waals surface area contributed by atoms with Gasteiger partial charge in [0, 0.05) is 23.5 Å². The van der Waals surface area contributed by atoms with E-state index in [0.29, 0.717) is 11.3 Å². The molecule has 0 spiro atoms. The summed E-state index contributed by atoms with van der Waals surface area (Å²) >= 11 is 0. The molecule has 3 aromatic rings. The highest BCUT2D eigenvalue weighted by atomic mass is 16.1. The molecule has 3 rings (SSSR count). The molecular formula is C19H16N2O2. The van der Waals surface area contributed by atoms with Gasteiger partial charge in [-0.05, 0) is 36.8 Å². The maximum absolute atomic E-state index is 12.4. The van der Waals surface area contributed by atoms with Crippen LogP contribution in [0.2, 0.25) is 0 Å². The Balaban J connectivity index is 1.92. The molecular weight excluding hydrogens is 288 g/mol. The summed E-state index contributed by atoms with van der Waals surface area (Å²) in [5, 5.41) is 2.84. The van der Waals surface area contributed by atoms with Gasteiger partial charge in [-0.3, -0.25) is 14.2 Å². The molecule has 4 nitrogen and oxygen atoms in total. The third-order valence-electron chi connectivity index (χ3n) is 3.59. The van der Waals surface area contributed by atoms with Crippen LogP contribution in [0.5, 0.6) is 0 Å². The van der Waals surface area contributed by atoms with Gasteiger partial charge < -0.3 is 5.32 Å². The van der Waals surface area contributed by atoms with Crippen LogP contribution in [0.4, 0.5) is 5.69 Å². The fourth-order valence-electron chi connectivity index (χ4n) is 2.38. The fraction of sp³-hybridized carbons (Fsp3) is 0.0526. The van der Waals surface area contributed by atoms with E-state index in [1.54, 1.807) is 18.3 Å². The minimum absolute atomic E-state index is 0.148. The third kappa shape index (κ3) is 3.21. The van der Waals surface area contributed by atoms with Crippen LogP contribution in [0.15, 0.2) is 77.7 Å². The maximum Gasteiger partial charge on any atom is 0.255 e. The first kappa shape index (κ1) is 14.8. The van der Waals surface area contributed by atoms with E-state index in [4.69, 9.17) is 0 Å². The number of benzene rings is 2. The Morgan fingerprint density at radius 2 is 1.61 bits per heavy atom. The molecule has 1 amide bonds. The normalized spacial score (nSPS) is 10.3. The van der Waals surface area contributed by atoms with E-state index in [0.717, 1.165) is 11.3 Å². The van der Waals surface area contributed by atoms with E-state index in [1.165, 1.54) is 10.6 Å². The SMILES string of the molecule is Cc1ccccc1C(=O)Nc1ccc(=O)n(-c2ccccc2)c1. The first-order valence-corrected chi connectivity index (χ1v) is 7.30. The number of hydrogen-bond donors (Lipinski definition) is 1. The van der Waals surface area contributed by atoms with Crippen molar-refractivity contribution in [3.63, 3.8) is 0 Å². The Kier molecular flexibility index (Phi) is 4.06. The number of aromatic nitrogens is 1. The van der Waals surface area contributed by atoms with Crippen LogP contribution >= 0.6 is 0 Å². The van der Waals surface area contributed by atoms with Gasteiger partial charge in [0.05, 0.1) is 5.69 Å². The highest BCUT2D eigenvalue weighted by molar-refractivity contribution is 6.05. The number of pyridine rings is 1. The molecule has 0 fully saturated rings. The fourth-order valence-corrected chi connectivity index (χ4v) is 2.38. The quantitative estimate of drug-likeness (QED) is 0.806. The summed E-state index contributed by atoms with van der Waals surface area (Å²) in [7, 11) is 0. The maximum atomic E-state index is 12.4. The van der Waals surface area contributed by atoms with Crippen molar-refractivity contribution in [2.45, 2.75) is 6.92 Å². The topological polar surface area (TPSA) is 51.1 Å². The van der Waals surface area contributed by atoms with E-state index in [9.17, 15) is 9.59 Å². The van der Waals surface area contributed by atoms with Crippen LogP contribution < -0.4 is 10.9 Å². The molecule has 0 aliphatic rings. The third-order valence-corrected chi connectivity index (χ3v) is 3.59. The summed E-state index contributed by atoms with van der Waals surface area (Å²) in [5.74, 6) is -0.193. The molecule has 0 unspecified atom stereocenters. The number of carbonyl (C=O) groups is 1.